The van der Waals surface area contributed by atoms with Crippen molar-refractivity contribution >= 4 is 0 Å². The summed E-state index contributed by atoms with van der Waals surface area (Å²) in [7, 11) is 1.99. The number of hydrogen-bond acceptors (Lipinski definition) is 3. The number of aliphatic hydroxyl groups is 1. The van der Waals surface area contributed by atoms with Crippen LogP contribution in [0.25, 0.3) is 0 Å². The average Bonchev–Trinajstić information content (AvgIpc) is 1.95. The molecule has 1 heterocycles. The van der Waals surface area contributed by atoms with Crippen molar-refractivity contribution in [2.75, 3.05) is 20.1 Å². The third kappa shape index (κ3) is 2.18. The van der Waals surface area contributed by atoms with Crippen LogP contribution in [-0.2, 0) is 0 Å². The number of piperidine rings is 1. The Balaban J connectivity index is 2.39. The van der Waals surface area contributed by atoms with Crippen molar-refractivity contribution in [1.29, 1.82) is 5.26 Å². The van der Waals surface area contributed by atoms with E-state index >= 15 is 0 Å². The summed E-state index contributed by atoms with van der Waals surface area (Å²) in [4.78, 5) is 2.10. The molecule has 0 amide bonds. The Bertz CT molecular complexity index is 164. The zero-order chi connectivity index (χ0) is 8.27. The fourth-order valence-electron chi connectivity index (χ4n) is 1.49. The van der Waals surface area contributed by atoms with Crippen molar-refractivity contribution in [3.8, 4) is 6.07 Å². The topological polar surface area (TPSA) is 47.3 Å². The summed E-state index contributed by atoms with van der Waals surface area (Å²) in [6.07, 6.45) is 1.15. The van der Waals surface area contributed by atoms with Crippen LogP contribution in [0.5, 0.6) is 0 Å². The molecular formula is C8H14N2O. The summed E-state index contributed by atoms with van der Waals surface area (Å²) in [6.45, 7) is 1.72. The summed E-state index contributed by atoms with van der Waals surface area (Å²) < 4.78 is 0. The van der Waals surface area contributed by atoms with Gasteiger partial charge >= 0.3 is 0 Å². The van der Waals surface area contributed by atoms with E-state index in [0.29, 0.717) is 13.0 Å². The summed E-state index contributed by atoms with van der Waals surface area (Å²) in [5.74, 6) is 0.205. The van der Waals surface area contributed by atoms with E-state index in [1.807, 2.05) is 7.05 Å². The highest BCUT2D eigenvalue weighted by Gasteiger charge is 2.25. The van der Waals surface area contributed by atoms with Gasteiger partial charge < -0.3 is 10.0 Å². The van der Waals surface area contributed by atoms with E-state index in [0.717, 1.165) is 13.0 Å². The molecule has 2 atom stereocenters. The third-order valence-electron chi connectivity index (χ3n) is 2.28. The van der Waals surface area contributed by atoms with Gasteiger partial charge in [0, 0.05) is 18.9 Å². The molecule has 0 aliphatic carbocycles. The van der Waals surface area contributed by atoms with E-state index in [1.165, 1.54) is 0 Å². The van der Waals surface area contributed by atoms with E-state index < -0.39 is 0 Å². The molecule has 0 unspecified atom stereocenters. The summed E-state index contributed by atoms with van der Waals surface area (Å²) in [5, 5.41) is 17.9. The van der Waals surface area contributed by atoms with Gasteiger partial charge in [0.1, 0.15) is 0 Å². The quantitative estimate of drug-likeness (QED) is 0.587. The number of aliphatic hydroxyl groups excluding tert-OH is 1. The van der Waals surface area contributed by atoms with Gasteiger partial charge in [-0.25, -0.2) is 0 Å². The van der Waals surface area contributed by atoms with Gasteiger partial charge in [-0.1, -0.05) is 0 Å². The van der Waals surface area contributed by atoms with Crippen LogP contribution in [0.2, 0.25) is 0 Å². The molecule has 0 radical (unpaired) electrons. The molecule has 1 saturated heterocycles. The average molecular weight is 154 g/mol. The highest BCUT2D eigenvalue weighted by Crippen LogP contribution is 2.19. The highest BCUT2D eigenvalue weighted by atomic mass is 16.3. The molecule has 1 N–H and O–H groups in total. The zero-order valence-electron chi connectivity index (χ0n) is 6.82. The predicted octanol–water partition coefficient (Wildman–Crippen LogP) is 0.213. The molecule has 0 aromatic rings. The monoisotopic (exact) mass is 154 g/mol. The molecule has 0 spiro atoms. The number of likely N-dealkylation sites (N-methyl/N-ethyl adjacent to an activating group) is 1. The van der Waals surface area contributed by atoms with Gasteiger partial charge in [0.05, 0.1) is 12.2 Å². The maximum atomic E-state index is 9.48. The Morgan fingerprint density at radius 2 is 2.45 bits per heavy atom. The first-order chi connectivity index (χ1) is 5.24. The molecule has 1 aliphatic heterocycles. The number of likely N-dealkylation sites (tertiary alicyclic amines) is 1. The third-order valence-corrected chi connectivity index (χ3v) is 2.28. The minimum Gasteiger partial charge on any atom is -0.391 e. The molecule has 1 aliphatic rings. The van der Waals surface area contributed by atoms with Crippen molar-refractivity contribution in [2.24, 2.45) is 5.92 Å². The lowest BCUT2D eigenvalue weighted by molar-refractivity contribution is 0.0344. The lowest BCUT2D eigenvalue weighted by Crippen LogP contribution is -2.41. The van der Waals surface area contributed by atoms with Crippen molar-refractivity contribution in [1.82, 2.24) is 4.90 Å². The fraction of sp³-hybridized carbons (Fsp3) is 0.875. The van der Waals surface area contributed by atoms with Gasteiger partial charge in [-0.2, -0.15) is 5.26 Å². The van der Waals surface area contributed by atoms with E-state index in [1.54, 1.807) is 0 Å². The molecule has 62 valence electrons. The van der Waals surface area contributed by atoms with Crippen LogP contribution in [0.1, 0.15) is 12.8 Å². The van der Waals surface area contributed by atoms with Crippen molar-refractivity contribution in [2.45, 2.75) is 18.9 Å². The molecule has 0 bridgehead atoms. The highest BCUT2D eigenvalue weighted by molar-refractivity contribution is 4.85. The number of β-amino-alcohol motifs (C(OH)–C–C–N with tert-alkyl or cyclic N) is 1. The van der Waals surface area contributed by atoms with Crippen LogP contribution in [0.4, 0.5) is 0 Å². The van der Waals surface area contributed by atoms with Gasteiger partial charge in [-0.05, 0) is 20.0 Å². The second kappa shape index (κ2) is 3.70. The van der Waals surface area contributed by atoms with Gasteiger partial charge in [-0.3, -0.25) is 0 Å². The standard InChI is InChI=1S/C8H14N2O/c1-10-5-3-7(2-4-9)8(11)6-10/h7-8,11H,2-3,5-6H2,1H3/t7-,8+/m0/s1. The first kappa shape index (κ1) is 8.51. The summed E-state index contributed by atoms with van der Waals surface area (Å²) in [6, 6.07) is 2.10. The molecular weight excluding hydrogens is 140 g/mol. The van der Waals surface area contributed by atoms with Crippen LogP contribution in [-0.4, -0.2) is 36.2 Å². The van der Waals surface area contributed by atoms with Gasteiger partial charge in [0.2, 0.25) is 0 Å². The Labute approximate surface area is 67.2 Å². The molecule has 3 nitrogen and oxygen atoms in total. The second-order valence-electron chi connectivity index (χ2n) is 3.24. The summed E-state index contributed by atoms with van der Waals surface area (Å²) in [5.41, 5.74) is 0. The lowest BCUT2D eigenvalue weighted by atomic mass is 9.92. The molecule has 1 fully saturated rings. The number of hydrogen-bond donors (Lipinski definition) is 1. The second-order valence-corrected chi connectivity index (χ2v) is 3.24. The van der Waals surface area contributed by atoms with Crippen LogP contribution in [0.15, 0.2) is 0 Å². The van der Waals surface area contributed by atoms with E-state index in [-0.39, 0.29) is 12.0 Å². The molecule has 1 rings (SSSR count). The maximum Gasteiger partial charge on any atom is 0.0705 e. The molecule has 0 saturated carbocycles. The largest absolute Gasteiger partial charge is 0.391 e. The van der Waals surface area contributed by atoms with Gasteiger partial charge in [-0.15, -0.1) is 0 Å². The molecule has 0 aromatic heterocycles. The van der Waals surface area contributed by atoms with Gasteiger partial charge in [0.15, 0.2) is 0 Å². The Kier molecular flexibility index (Phi) is 2.86. The normalized spacial score (nSPS) is 33.2. The number of nitriles is 1. The fourth-order valence-corrected chi connectivity index (χ4v) is 1.49. The Morgan fingerprint density at radius 3 is 3.00 bits per heavy atom. The van der Waals surface area contributed by atoms with Crippen LogP contribution >= 0.6 is 0 Å². The SMILES string of the molecule is CN1CC[C@H](CC#N)[C@H](O)C1. The Hall–Kier alpha value is -0.590. The Morgan fingerprint density at radius 1 is 1.73 bits per heavy atom. The minimum absolute atomic E-state index is 0.205. The minimum atomic E-state index is -0.298. The zero-order valence-corrected chi connectivity index (χ0v) is 6.82. The first-order valence-electron chi connectivity index (χ1n) is 3.97. The van der Waals surface area contributed by atoms with Crippen LogP contribution in [0, 0.1) is 17.2 Å². The maximum absolute atomic E-state index is 9.48. The van der Waals surface area contributed by atoms with Crippen molar-refractivity contribution in [3.63, 3.8) is 0 Å². The van der Waals surface area contributed by atoms with Crippen LogP contribution in [0.3, 0.4) is 0 Å². The smallest absolute Gasteiger partial charge is 0.0705 e. The van der Waals surface area contributed by atoms with E-state index in [9.17, 15) is 5.11 Å². The summed E-state index contributed by atoms with van der Waals surface area (Å²) >= 11 is 0. The van der Waals surface area contributed by atoms with Crippen LogP contribution < -0.4 is 0 Å². The van der Waals surface area contributed by atoms with Crippen molar-refractivity contribution in [3.05, 3.63) is 0 Å². The van der Waals surface area contributed by atoms with E-state index in [4.69, 9.17) is 5.26 Å². The van der Waals surface area contributed by atoms with Gasteiger partial charge in [0.25, 0.3) is 0 Å². The number of nitrogens with zero attached hydrogens (tertiary/aromatic N) is 2. The molecule has 11 heavy (non-hydrogen) atoms. The lowest BCUT2D eigenvalue weighted by Gasteiger charge is -2.32. The molecule has 3 heteroatoms. The molecule has 0 aromatic carbocycles. The number of rotatable bonds is 1. The van der Waals surface area contributed by atoms with E-state index in [2.05, 4.69) is 11.0 Å². The first-order valence-corrected chi connectivity index (χ1v) is 3.97. The van der Waals surface area contributed by atoms with Crippen molar-refractivity contribution < 1.29 is 5.11 Å². The predicted molar refractivity (Wildman–Crippen MR) is 41.8 cm³/mol.